The number of fused-ring (bicyclic) bond motifs is 2. The molecule has 0 spiro atoms. The van der Waals surface area contributed by atoms with E-state index in [1.807, 2.05) is 24.4 Å². The molecule has 2 N–H and O–H groups in total. The minimum atomic E-state index is -0.197. The molecule has 0 aliphatic heterocycles. The monoisotopic (exact) mass is 438 g/mol. The highest BCUT2D eigenvalue weighted by atomic mass is 32.1. The Morgan fingerprint density at radius 3 is 2.84 bits per heavy atom. The van der Waals surface area contributed by atoms with Crippen LogP contribution in [0.25, 0.3) is 27.0 Å². The Kier molecular flexibility index (Phi) is 4.58. The second kappa shape index (κ2) is 7.73. The van der Waals surface area contributed by atoms with Crippen LogP contribution in [-0.4, -0.2) is 15.2 Å². The third-order valence-electron chi connectivity index (χ3n) is 5.88. The second-order valence-corrected chi connectivity index (χ2v) is 8.77. The summed E-state index contributed by atoms with van der Waals surface area (Å²) in [6, 6.07) is 21.5. The standard InChI is InChI=1S/C26H19FN4S/c27-23-6-2-1-5-21(23)20-11-10-16-8-9-17(14-22(16)20)25-30-31-26(32-25)29-15-18-4-3-7-24-19(18)12-13-28-24/h1-9,11-14,28H,10,15H2,(H,29,31). The van der Waals surface area contributed by atoms with Gasteiger partial charge in [0.25, 0.3) is 0 Å². The van der Waals surface area contributed by atoms with E-state index < -0.39 is 0 Å². The van der Waals surface area contributed by atoms with E-state index in [1.54, 1.807) is 6.07 Å². The predicted molar refractivity (Wildman–Crippen MR) is 128 cm³/mol. The largest absolute Gasteiger partial charge is 0.361 e. The fourth-order valence-electron chi connectivity index (χ4n) is 4.28. The van der Waals surface area contributed by atoms with Crippen molar-refractivity contribution < 1.29 is 4.39 Å². The van der Waals surface area contributed by atoms with Crippen molar-refractivity contribution >= 4 is 32.9 Å². The van der Waals surface area contributed by atoms with E-state index in [1.165, 1.54) is 33.9 Å². The van der Waals surface area contributed by atoms with Crippen molar-refractivity contribution in [3.05, 3.63) is 107 Å². The molecule has 0 bridgehead atoms. The summed E-state index contributed by atoms with van der Waals surface area (Å²) in [5.41, 5.74) is 7.18. The van der Waals surface area contributed by atoms with Crippen LogP contribution in [0.15, 0.2) is 79.0 Å². The molecule has 5 aromatic rings. The van der Waals surface area contributed by atoms with Gasteiger partial charge in [0.05, 0.1) is 0 Å². The number of nitrogens with one attached hydrogen (secondary N) is 2. The summed E-state index contributed by atoms with van der Waals surface area (Å²) in [5.74, 6) is -0.197. The van der Waals surface area contributed by atoms with Crippen LogP contribution in [0.5, 0.6) is 0 Å². The van der Waals surface area contributed by atoms with E-state index >= 15 is 0 Å². The highest BCUT2D eigenvalue weighted by Gasteiger charge is 2.19. The summed E-state index contributed by atoms with van der Waals surface area (Å²) in [7, 11) is 0. The fraction of sp³-hybridized carbons (Fsp3) is 0.0769. The molecule has 3 aromatic carbocycles. The first kappa shape index (κ1) is 19.0. The highest BCUT2D eigenvalue weighted by Crippen LogP contribution is 2.37. The van der Waals surface area contributed by atoms with E-state index in [-0.39, 0.29) is 5.82 Å². The quantitative estimate of drug-likeness (QED) is 0.333. The maximum absolute atomic E-state index is 14.4. The number of halogens is 1. The van der Waals surface area contributed by atoms with Crippen LogP contribution < -0.4 is 5.32 Å². The topological polar surface area (TPSA) is 53.6 Å². The molecule has 2 aromatic heterocycles. The van der Waals surface area contributed by atoms with Crippen molar-refractivity contribution in [1.29, 1.82) is 0 Å². The summed E-state index contributed by atoms with van der Waals surface area (Å²) in [6.45, 7) is 0.675. The summed E-state index contributed by atoms with van der Waals surface area (Å²) in [5, 5.41) is 15.0. The smallest absolute Gasteiger partial charge is 0.206 e. The molecule has 4 nitrogen and oxygen atoms in total. The van der Waals surface area contributed by atoms with E-state index in [2.05, 4.69) is 63.0 Å². The summed E-state index contributed by atoms with van der Waals surface area (Å²) >= 11 is 1.52. The van der Waals surface area contributed by atoms with Crippen LogP contribution in [0, 0.1) is 5.82 Å². The van der Waals surface area contributed by atoms with E-state index in [4.69, 9.17) is 0 Å². The van der Waals surface area contributed by atoms with Gasteiger partial charge in [-0.15, -0.1) is 10.2 Å². The van der Waals surface area contributed by atoms with Crippen molar-refractivity contribution in [3.63, 3.8) is 0 Å². The molecule has 0 atom stereocenters. The maximum Gasteiger partial charge on any atom is 0.206 e. The summed E-state index contributed by atoms with van der Waals surface area (Å²) in [4.78, 5) is 3.24. The number of H-pyrrole nitrogens is 1. The van der Waals surface area contributed by atoms with E-state index in [0.29, 0.717) is 12.1 Å². The number of benzene rings is 3. The molecular weight excluding hydrogens is 419 g/mol. The lowest BCUT2D eigenvalue weighted by molar-refractivity contribution is 0.624. The highest BCUT2D eigenvalue weighted by molar-refractivity contribution is 7.18. The van der Waals surface area contributed by atoms with Crippen LogP contribution >= 0.6 is 11.3 Å². The molecule has 1 aliphatic carbocycles. The molecule has 6 heteroatoms. The molecule has 2 heterocycles. The van der Waals surface area contributed by atoms with Gasteiger partial charge < -0.3 is 10.3 Å². The number of aromatic nitrogens is 3. The van der Waals surface area contributed by atoms with Crippen LogP contribution in [0.2, 0.25) is 0 Å². The van der Waals surface area contributed by atoms with Gasteiger partial charge in [-0.1, -0.05) is 59.9 Å². The van der Waals surface area contributed by atoms with Gasteiger partial charge >= 0.3 is 0 Å². The summed E-state index contributed by atoms with van der Waals surface area (Å²) < 4.78 is 14.4. The number of hydrogen-bond donors (Lipinski definition) is 2. The molecule has 0 saturated carbocycles. The van der Waals surface area contributed by atoms with Gasteiger partial charge in [-0.25, -0.2) is 4.39 Å². The molecular formula is C26H19FN4S. The molecule has 156 valence electrons. The molecule has 0 unspecified atom stereocenters. The van der Waals surface area contributed by atoms with Gasteiger partial charge in [-0.05, 0) is 52.9 Å². The molecule has 0 saturated heterocycles. The molecule has 0 fully saturated rings. The molecule has 0 amide bonds. The minimum absolute atomic E-state index is 0.197. The Hall–Kier alpha value is -3.77. The zero-order valence-electron chi connectivity index (χ0n) is 17.1. The normalized spacial score (nSPS) is 12.7. The van der Waals surface area contributed by atoms with Crippen molar-refractivity contribution in [2.24, 2.45) is 0 Å². The summed E-state index contributed by atoms with van der Waals surface area (Å²) in [6.07, 6.45) is 4.86. The number of hydrogen-bond acceptors (Lipinski definition) is 4. The zero-order chi connectivity index (χ0) is 21.5. The Labute approximate surface area is 188 Å². The maximum atomic E-state index is 14.4. The third-order valence-corrected chi connectivity index (χ3v) is 6.81. The molecule has 6 rings (SSSR count). The van der Waals surface area contributed by atoms with Crippen LogP contribution in [0.3, 0.4) is 0 Å². The SMILES string of the molecule is Fc1ccccc1C1=CCc2ccc(-c3nnc(NCc4cccc5[nH]ccc45)s3)cc21. The number of rotatable bonds is 5. The first-order valence-electron chi connectivity index (χ1n) is 10.5. The van der Waals surface area contributed by atoms with Crippen molar-refractivity contribution in [2.45, 2.75) is 13.0 Å². The van der Waals surface area contributed by atoms with Crippen molar-refractivity contribution in [3.8, 4) is 10.6 Å². The lowest BCUT2D eigenvalue weighted by Gasteiger charge is -2.09. The van der Waals surface area contributed by atoms with Crippen LogP contribution in [0.1, 0.15) is 22.3 Å². The molecule has 1 aliphatic rings. The Morgan fingerprint density at radius 1 is 0.969 bits per heavy atom. The number of nitrogens with zero attached hydrogens (tertiary/aromatic N) is 2. The average Bonchev–Trinajstić information content (AvgIpc) is 3.57. The van der Waals surface area contributed by atoms with Gasteiger partial charge in [-0.2, -0.15) is 0 Å². The average molecular weight is 439 g/mol. The second-order valence-electron chi connectivity index (χ2n) is 7.80. The van der Waals surface area contributed by atoms with E-state index in [0.717, 1.165) is 38.8 Å². The Bertz CT molecular complexity index is 1480. The first-order valence-corrected chi connectivity index (χ1v) is 11.3. The molecule has 0 radical (unpaired) electrons. The lowest BCUT2D eigenvalue weighted by Crippen LogP contribution is -1.99. The zero-order valence-corrected chi connectivity index (χ0v) is 17.9. The van der Waals surface area contributed by atoms with Crippen molar-refractivity contribution in [1.82, 2.24) is 15.2 Å². The minimum Gasteiger partial charge on any atom is -0.361 e. The number of anilines is 1. The Balaban J connectivity index is 1.25. The van der Waals surface area contributed by atoms with Gasteiger partial charge in [0.1, 0.15) is 10.8 Å². The van der Waals surface area contributed by atoms with Crippen molar-refractivity contribution in [2.75, 3.05) is 5.32 Å². The Morgan fingerprint density at radius 2 is 1.91 bits per heavy atom. The first-order chi connectivity index (χ1) is 15.8. The van der Waals surface area contributed by atoms with Gasteiger partial charge in [0, 0.05) is 34.8 Å². The van der Waals surface area contributed by atoms with Gasteiger partial charge in [0.2, 0.25) is 5.13 Å². The van der Waals surface area contributed by atoms with Gasteiger partial charge in [0.15, 0.2) is 0 Å². The lowest BCUT2D eigenvalue weighted by atomic mass is 9.97. The predicted octanol–water partition coefficient (Wildman–Crippen LogP) is 6.43. The fourth-order valence-corrected chi connectivity index (χ4v) is 5.02. The number of allylic oxidation sites excluding steroid dienone is 1. The van der Waals surface area contributed by atoms with Gasteiger partial charge in [-0.3, -0.25) is 0 Å². The molecule has 32 heavy (non-hydrogen) atoms. The van der Waals surface area contributed by atoms with Crippen LogP contribution in [-0.2, 0) is 13.0 Å². The third kappa shape index (κ3) is 3.29. The van der Waals surface area contributed by atoms with Crippen LogP contribution in [0.4, 0.5) is 9.52 Å². The van der Waals surface area contributed by atoms with E-state index in [9.17, 15) is 4.39 Å². The number of aromatic amines is 1.